The van der Waals surface area contributed by atoms with E-state index in [2.05, 4.69) is 0 Å². The Kier molecular flexibility index (Phi) is 6.42. The minimum Gasteiger partial charge on any atom is -0.462 e. The van der Waals surface area contributed by atoms with E-state index in [1.165, 1.54) is 18.2 Å². The van der Waals surface area contributed by atoms with Crippen LogP contribution in [0.5, 0.6) is 0 Å². The second kappa shape index (κ2) is 9.19. The third-order valence-corrected chi connectivity index (χ3v) is 6.71. The summed E-state index contributed by atoms with van der Waals surface area (Å²) >= 11 is 0. The molecule has 35 heavy (non-hydrogen) atoms. The zero-order valence-corrected chi connectivity index (χ0v) is 19.7. The first-order valence-electron chi connectivity index (χ1n) is 10.7. The first kappa shape index (κ1) is 24.5. The lowest BCUT2D eigenvalue weighted by Crippen LogP contribution is -2.06. The van der Waals surface area contributed by atoms with Crippen molar-refractivity contribution >= 4 is 26.6 Å². The van der Waals surface area contributed by atoms with Crippen molar-refractivity contribution in [1.29, 1.82) is 0 Å². The standard InChI is InChI=1S/C27H21F3O4S/c1-3-34-26(31)20-13-19-14-24(18-9-11-21(12-10-18)27(28,29)30)25(35(2,32)33)16-23(19)22(15-20)17-7-5-4-6-8-17/h4-16H,3H2,1-2H3. The van der Waals surface area contributed by atoms with Gasteiger partial charge in [0, 0.05) is 11.8 Å². The topological polar surface area (TPSA) is 60.4 Å². The van der Waals surface area contributed by atoms with Crippen LogP contribution < -0.4 is 0 Å². The summed E-state index contributed by atoms with van der Waals surface area (Å²) in [6.07, 6.45) is -3.46. The molecule has 0 amide bonds. The number of sulfone groups is 1. The number of benzene rings is 4. The lowest BCUT2D eigenvalue weighted by Gasteiger charge is -2.16. The molecule has 180 valence electrons. The fourth-order valence-electron chi connectivity index (χ4n) is 3.95. The monoisotopic (exact) mass is 498 g/mol. The predicted octanol–water partition coefficient (Wildman–Crippen LogP) is 6.77. The molecule has 4 aromatic carbocycles. The molecule has 4 nitrogen and oxygen atoms in total. The van der Waals surface area contributed by atoms with Crippen molar-refractivity contribution in [3.8, 4) is 22.3 Å². The molecule has 0 aliphatic carbocycles. The molecule has 0 saturated heterocycles. The van der Waals surface area contributed by atoms with Crippen molar-refractivity contribution in [3.63, 3.8) is 0 Å². The molecule has 0 saturated carbocycles. The molecule has 4 aromatic rings. The Hall–Kier alpha value is -3.65. The molecular weight excluding hydrogens is 477 g/mol. The highest BCUT2D eigenvalue weighted by Gasteiger charge is 2.30. The summed E-state index contributed by atoms with van der Waals surface area (Å²) in [5.41, 5.74) is 1.40. The highest BCUT2D eigenvalue weighted by atomic mass is 32.2. The van der Waals surface area contributed by atoms with Gasteiger partial charge in [0.15, 0.2) is 9.84 Å². The summed E-state index contributed by atoms with van der Waals surface area (Å²) in [7, 11) is -3.76. The third-order valence-electron chi connectivity index (χ3n) is 5.57. The van der Waals surface area contributed by atoms with Gasteiger partial charge in [0.25, 0.3) is 0 Å². The molecule has 0 fully saturated rings. The van der Waals surface area contributed by atoms with Crippen LogP contribution in [0.15, 0.2) is 83.8 Å². The SMILES string of the molecule is CCOC(=O)c1cc(-c2ccccc2)c2cc(S(C)(=O)=O)c(-c3ccc(C(F)(F)F)cc3)cc2c1. The van der Waals surface area contributed by atoms with E-state index in [-0.39, 0.29) is 22.6 Å². The average molecular weight is 499 g/mol. The maximum atomic E-state index is 13.0. The number of hydrogen-bond acceptors (Lipinski definition) is 4. The molecule has 0 atom stereocenters. The fourth-order valence-corrected chi connectivity index (χ4v) is 4.86. The van der Waals surface area contributed by atoms with Gasteiger partial charge < -0.3 is 4.74 Å². The van der Waals surface area contributed by atoms with Crippen molar-refractivity contribution in [1.82, 2.24) is 0 Å². The van der Waals surface area contributed by atoms with E-state index >= 15 is 0 Å². The lowest BCUT2D eigenvalue weighted by atomic mass is 9.93. The lowest BCUT2D eigenvalue weighted by molar-refractivity contribution is -0.137. The Morgan fingerprint density at radius 1 is 0.857 bits per heavy atom. The quantitative estimate of drug-likeness (QED) is 0.285. The first-order chi connectivity index (χ1) is 16.5. The van der Waals surface area contributed by atoms with Gasteiger partial charge in [-0.2, -0.15) is 13.2 Å². The Balaban J connectivity index is 2.03. The summed E-state index contributed by atoms with van der Waals surface area (Å²) in [6.45, 7) is 1.87. The molecule has 0 bridgehead atoms. The third kappa shape index (κ3) is 5.07. The van der Waals surface area contributed by atoms with Crippen molar-refractivity contribution in [2.45, 2.75) is 18.0 Å². The molecule has 0 aliphatic heterocycles. The van der Waals surface area contributed by atoms with Crippen LogP contribution in [-0.2, 0) is 20.8 Å². The second-order valence-electron chi connectivity index (χ2n) is 8.03. The van der Waals surface area contributed by atoms with Gasteiger partial charge >= 0.3 is 12.1 Å². The van der Waals surface area contributed by atoms with E-state index < -0.39 is 27.5 Å². The van der Waals surface area contributed by atoms with E-state index in [0.717, 1.165) is 24.0 Å². The minimum atomic E-state index is -4.51. The molecule has 0 unspecified atom stereocenters. The Bertz CT molecular complexity index is 1510. The molecular formula is C27H21F3O4S. The summed E-state index contributed by atoms with van der Waals surface area (Å²) < 4.78 is 69.8. The van der Waals surface area contributed by atoms with Crippen molar-refractivity contribution in [2.24, 2.45) is 0 Å². The van der Waals surface area contributed by atoms with Crippen LogP contribution in [0.25, 0.3) is 33.0 Å². The fraction of sp³-hybridized carbons (Fsp3) is 0.148. The van der Waals surface area contributed by atoms with E-state index in [0.29, 0.717) is 21.9 Å². The Morgan fingerprint density at radius 3 is 2.06 bits per heavy atom. The van der Waals surface area contributed by atoms with Crippen LogP contribution >= 0.6 is 0 Å². The number of carbonyl (C=O) groups excluding carboxylic acids is 1. The van der Waals surface area contributed by atoms with Crippen LogP contribution in [-0.4, -0.2) is 27.2 Å². The van der Waals surface area contributed by atoms with Gasteiger partial charge in [-0.25, -0.2) is 13.2 Å². The van der Waals surface area contributed by atoms with Gasteiger partial charge in [-0.1, -0.05) is 42.5 Å². The molecule has 0 aromatic heterocycles. The Labute approximate surface area is 200 Å². The summed E-state index contributed by atoms with van der Waals surface area (Å²) in [5.74, 6) is -0.533. The molecule has 0 spiro atoms. The van der Waals surface area contributed by atoms with E-state index in [1.807, 2.05) is 30.3 Å². The summed E-state index contributed by atoms with van der Waals surface area (Å²) in [4.78, 5) is 12.5. The molecule has 0 radical (unpaired) electrons. The molecule has 0 aliphatic rings. The summed E-state index contributed by atoms with van der Waals surface area (Å²) in [5, 5.41) is 1.14. The maximum absolute atomic E-state index is 13.0. The molecule has 0 heterocycles. The number of halogens is 3. The van der Waals surface area contributed by atoms with Crippen molar-refractivity contribution in [3.05, 3.63) is 90.0 Å². The number of alkyl halides is 3. The number of carbonyl (C=O) groups is 1. The minimum absolute atomic E-state index is 0.0224. The summed E-state index contributed by atoms with van der Waals surface area (Å²) in [6, 6.07) is 19.8. The highest BCUT2D eigenvalue weighted by Crippen LogP contribution is 2.38. The number of ether oxygens (including phenoxy) is 1. The average Bonchev–Trinajstić information content (AvgIpc) is 2.82. The Morgan fingerprint density at radius 2 is 1.49 bits per heavy atom. The van der Waals surface area contributed by atoms with E-state index in [9.17, 15) is 26.4 Å². The second-order valence-corrected chi connectivity index (χ2v) is 10.0. The van der Waals surface area contributed by atoms with Gasteiger partial charge in [-0.3, -0.25) is 0 Å². The highest BCUT2D eigenvalue weighted by molar-refractivity contribution is 7.90. The molecule has 0 N–H and O–H groups in total. The number of hydrogen-bond donors (Lipinski definition) is 0. The van der Waals surface area contributed by atoms with Gasteiger partial charge in [0.2, 0.25) is 0 Å². The zero-order valence-electron chi connectivity index (χ0n) is 18.9. The van der Waals surface area contributed by atoms with Crippen LogP contribution in [0.4, 0.5) is 13.2 Å². The largest absolute Gasteiger partial charge is 0.462 e. The normalized spacial score (nSPS) is 12.0. The number of esters is 1. The van der Waals surface area contributed by atoms with Gasteiger partial charge in [0.05, 0.1) is 22.6 Å². The van der Waals surface area contributed by atoms with Crippen LogP contribution in [0, 0.1) is 0 Å². The van der Waals surface area contributed by atoms with E-state index in [1.54, 1.807) is 25.1 Å². The first-order valence-corrected chi connectivity index (χ1v) is 12.6. The number of rotatable bonds is 5. The maximum Gasteiger partial charge on any atom is 0.416 e. The van der Waals surface area contributed by atoms with Gasteiger partial charge in [-0.15, -0.1) is 0 Å². The van der Waals surface area contributed by atoms with E-state index in [4.69, 9.17) is 4.74 Å². The zero-order chi connectivity index (χ0) is 25.4. The predicted molar refractivity (Wildman–Crippen MR) is 129 cm³/mol. The van der Waals surface area contributed by atoms with Gasteiger partial charge in [0.1, 0.15) is 0 Å². The van der Waals surface area contributed by atoms with Crippen LogP contribution in [0.1, 0.15) is 22.8 Å². The van der Waals surface area contributed by atoms with Crippen LogP contribution in [0.2, 0.25) is 0 Å². The smallest absolute Gasteiger partial charge is 0.416 e. The number of fused-ring (bicyclic) bond motifs is 1. The van der Waals surface area contributed by atoms with Crippen molar-refractivity contribution < 1.29 is 31.1 Å². The molecule has 4 rings (SSSR count). The van der Waals surface area contributed by atoms with Gasteiger partial charge in [-0.05, 0) is 70.8 Å². The molecule has 8 heteroatoms. The van der Waals surface area contributed by atoms with Crippen molar-refractivity contribution in [2.75, 3.05) is 12.9 Å². The van der Waals surface area contributed by atoms with Crippen LogP contribution in [0.3, 0.4) is 0 Å².